The smallest absolute Gasteiger partial charge is 0.258 e. The molecule has 0 aromatic heterocycles. The lowest BCUT2D eigenvalue weighted by Gasteiger charge is -2.30. The molecule has 2 aromatic carbocycles. The number of amides is 1. The van der Waals surface area contributed by atoms with Gasteiger partial charge in [-0.2, -0.15) is 0 Å². The van der Waals surface area contributed by atoms with Gasteiger partial charge in [0.15, 0.2) is 0 Å². The SMILES string of the molecule is O=C(c1ccc(Cl)cc1)N1CCCc2cc(S(=O)(=O)NC3CCCCCCC3)ccc21. The summed E-state index contributed by atoms with van der Waals surface area (Å²) in [6, 6.07) is 12.0. The Hall–Kier alpha value is -1.89. The van der Waals surface area contributed by atoms with Crippen molar-refractivity contribution in [2.45, 2.75) is 68.7 Å². The van der Waals surface area contributed by atoms with Gasteiger partial charge in [0.05, 0.1) is 4.90 Å². The average molecular weight is 461 g/mol. The van der Waals surface area contributed by atoms with Gasteiger partial charge < -0.3 is 4.90 Å². The number of rotatable bonds is 4. The topological polar surface area (TPSA) is 66.5 Å². The minimum atomic E-state index is -3.58. The summed E-state index contributed by atoms with van der Waals surface area (Å²) in [5.41, 5.74) is 2.25. The van der Waals surface area contributed by atoms with Crippen molar-refractivity contribution in [3.8, 4) is 0 Å². The number of hydrogen-bond acceptors (Lipinski definition) is 3. The molecule has 166 valence electrons. The van der Waals surface area contributed by atoms with E-state index in [4.69, 9.17) is 11.6 Å². The molecule has 1 fully saturated rings. The fourth-order valence-electron chi connectivity index (χ4n) is 4.56. The van der Waals surface area contributed by atoms with Crippen LogP contribution in [0, 0.1) is 0 Å². The Bertz CT molecular complexity index is 1030. The van der Waals surface area contributed by atoms with Crippen molar-refractivity contribution >= 4 is 33.2 Å². The van der Waals surface area contributed by atoms with E-state index >= 15 is 0 Å². The molecule has 2 aromatic rings. The molecule has 1 amide bonds. The molecule has 1 saturated carbocycles. The highest BCUT2D eigenvalue weighted by Crippen LogP contribution is 2.31. The Kier molecular flexibility index (Phi) is 6.99. The predicted molar refractivity (Wildman–Crippen MR) is 124 cm³/mol. The molecule has 7 heteroatoms. The Morgan fingerprint density at radius 1 is 0.935 bits per heavy atom. The molecule has 1 aliphatic carbocycles. The maximum absolute atomic E-state index is 13.0. The maximum atomic E-state index is 13.0. The summed E-state index contributed by atoms with van der Waals surface area (Å²) in [5.74, 6) is -0.0964. The van der Waals surface area contributed by atoms with E-state index < -0.39 is 10.0 Å². The van der Waals surface area contributed by atoms with Gasteiger partial charge in [0.25, 0.3) is 5.91 Å². The fourth-order valence-corrected chi connectivity index (χ4v) is 6.04. The van der Waals surface area contributed by atoms with Crippen LogP contribution in [0.15, 0.2) is 47.4 Å². The quantitative estimate of drug-likeness (QED) is 0.671. The predicted octanol–water partition coefficient (Wildman–Crippen LogP) is 5.32. The van der Waals surface area contributed by atoms with Crippen molar-refractivity contribution in [2.75, 3.05) is 11.4 Å². The van der Waals surface area contributed by atoms with Crippen LogP contribution in [0.5, 0.6) is 0 Å². The molecule has 0 spiro atoms. The second kappa shape index (κ2) is 9.72. The van der Waals surface area contributed by atoms with E-state index in [1.807, 2.05) is 0 Å². The third-order valence-electron chi connectivity index (χ3n) is 6.24. The minimum absolute atomic E-state index is 0.00399. The highest BCUT2D eigenvalue weighted by atomic mass is 35.5. The van der Waals surface area contributed by atoms with E-state index in [1.54, 1.807) is 47.4 Å². The van der Waals surface area contributed by atoms with Crippen molar-refractivity contribution < 1.29 is 13.2 Å². The molecule has 2 aliphatic rings. The Balaban J connectivity index is 1.54. The maximum Gasteiger partial charge on any atom is 0.258 e. The normalized spacial score (nSPS) is 18.2. The van der Waals surface area contributed by atoms with Crippen LogP contribution in [0.3, 0.4) is 0 Å². The molecule has 31 heavy (non-hydrogen) atoms. The first-order valence-electron chi connectivity index (χ1n) is 11.2. The van der Waals surface area contributed by atoms with Crippen LogP contribution >= 0.6 is 11.6 Å². The first-order chi connectivity index (χ1) is 14.9. The van der Waals surface area contributed by atoms with Crippen LogP contribution in [-0.4, -0.2) is 26.9 Å². The van der Waals surface area contributed by atoms with Crippen molar-refractivity contribution in [3.05, 3.63) is 58.6 Å². The van der Waals surface area contributed by atoms with Gasteiger partial charge in [-0.15, -0.1) is 0 Å². The molecule has 0 unspecified atom stereocenters. The van der Waals surface area contributed by atoms with Crippen LogP contribution in [0.25, 0.3) is 0 Å². The summed E-state index contributed by atoms with van der Waals surface area (Å²) in [5, 5.41) is 0.585. The van der Waals surface area contributed by atoms with Gasteiger partial charge in [0.1, 0.15) is 0 Å². The number of halogens is 1. The van der Waals surface area contributed by atoms with E-state index in [0.29, 0.717) is 17.1 Å². The average Bonchev–Trinajstić information content (AvgIpc) is 2.75. The monoisotopic (exact) mass is 460 g/mol. The summed E-state index contributed by atoms with van der Waals surface area (Å²) in [6.45, 7) is 0.612. The number of aryl methyl sites for hydroxylation is 1. The number of hydrogen-bond donors (Lipinski definition) is 1. The molecule has 0 atom stereocenters. The van der Waals surface area contributed by atoms with Gasteiger partial charge in [0.2, 0.25) is 10.0 Å². The summed E-state index contributed by atoms with van der Waals surface area (Å²) in [6.07, 6.45) is 9.08. The zero-order valence-electron chi connectivity index (χ0n) is 17.6. The van der Waals surface area contributed by atoms with E-state index in [0.717, 1.165) is 49.8 Å². The van der Waals surface area contributed by atoms with Crippen molar-refractivity contribution in [2.24, 2.45) is 0 Å². The zero-order valence-corrected chi connectivity index (χ0v) is 19.2. The number of anilines is 1. The third-order valence-corrected chi connectivity index (χ3v) is 8.01. The molecule has 1 N–H and O–H groups in total. The number of benzene rings is 2. The van der Waals surface area contributed by atoms with Crippen LogP contribution in [0.1, 0.15) is 67.3 Å². The second-order valence-electron chi connectivity index (χ2n) is 8.52. The van der Waals surface area contributed by atoms with Crippen molar-refractivity contribution in [1.82, 2.24) is 4.72 Å². The number of nitrogens with zero attached hydrogens (tertiary/aromatic N) is 1. The van der Waals surface area contributed by atoms with E-state index in [-0.39, 0.29) is 16.8 Å². The molecule has 5 nitrogen and oxygen atoms in total. The molecule has 0 radical (unpaired) electrons. The van der Waals surface area contributed by atoms with E-state index in [2.05, 4.69) is 4.72 Å². The summed E-state index contributed by atoms with van der Waals surface area (Å²) < 4.78 is 29.0. The molecular formula is C24H29ClN2O3S. The van der Waals surface area contributed by atoms with E-state index in [1.165, 1.54) is 19.3 Å². The lowest BCUT2D eigenvalue weighted by molar-refractivity contribution is 0.0985. The van der Waals surface area contributed by atoms with Gasteiger partial charge in [0, 0.05) is 28.9 Å². The lowest BCUT2D eigenvalue weighted by Crippen LogP contribution is -2.37. The molecule has 1 heterocycles. The third kappa shape index (κ3) is 5.30. The number of fused-ring (bicyclic) bond motifs is 1. The lowest BCUT2D eigenvalue weighted by atomic mass is 9.97. The molecule has 4 rings (SSSR count). The minimum Gasteiger partial charge on any atom is -0.308 e. The highest BCUT2D eigenvalue weighted by molar-refractivity contribution is 7.89. The highest BCUT2D eigenvalue weighted by Gasteiger charge is 2.27. The fraction of sp³-hybridized carbons (Fsp3) is 0.458. The van der Waals surface area contributed by atoms with Crippen LogP contribution < -0.4 is 9.62 Å². The number of sulfonamides is 1. The van der Waals surface area contributed by atoms with Crippen LogP contribution in [0.2, 0.25) is 5.02 Å². The second-order valence-corrected chi connectivity index (χ2v) is 10.7. The standard InChI is InChI=1S/C24H29ClN2O3S/c25-20-12-10-18(11-13-20)24(28)27-16-6-7-19-17-22(14-15-23(19)27)31(29,30)26-21-8-4-2-1-3-5-9-21/h10-15,17,21,26H,1-9,16H2. The summed E-state index contributed by atoms with van der Waals surface area (Å²) >= 11 is 5.94. The van der Waals surface area contributed by atoms with Gasteiger partial charge in [-0.05, 0) is 73.7 Å². The van der Waals surface area contributed by atoms with Crippen LogP contribution in [-0.2, 0) is 16.4 Å². The first-order valence-corrected chi connectivity index (χ1v) is 13.0. The number of carbonyl (C=O) groups excluding carboxylic acids is 1. The van der Waals surface area contributed by atoms with Crippen molar-refractivity contribution in [1.29, 1.82) is 0 Å². The Morgan fingerprint density at radius 3 is 2.32 bits per heavy atom. The van der Waals surface area contributed by atoms with Crippen LogP contribution in [0.4, 0.5) is 5.69 Å². The zero-order chi connectivity index (χ0) is 21.8. The van der Waals surface area contributed by atoms with E-state index in [9.17, 15) is 13.2 Å². The van der Waals surface area contributed by atoms with Gasteiger partial charge in [-0.3, -0.25) is 4.79 Å². The first kappa shape index (κ1) is 22.3. The molecule has 0 bridgehead atoms. The van der Waals surface area contributed by atoms with Gasteiger partial charge in [-0.1, -0.05) is 43.7 Å². The summed E-state index contributed by atoms with van der Waals surface area (Å²) in [7, 11) is -3.58. The number of carbonyl (C=O) groups is 1. The molecule has 0 saturated heterocycles. The largest absolute Gasteiger partial charge is 0.308 e. The van der Waals surface area contributed by atoms with Crippen molar-refractivity contribution in [3.63, 3.8) is 0 Å². The number of nitrogens with one attached hydrogen (secondary N) is 1. The van der Waals surface area contributed by atoms with Gasteiger partial charge >= 0.3 is 0 Å². The van der Waals surface area contributed by atoms with Gasteiger partial charge in [-0.25, -0.2) is 13.1 Å². The summed E-state index contributed by atoms with van der Waals surface area (Å²) in [4.78, 5) is 15.1. The Morgan fingerprint density at radius 2 is 1.61 bits per heavy atom. The molecule has 1 aliphatic heterocycles. The Labute approximate surface area is 189 Å². The molecular weight excluding hydrogens is 432 g/mol.